The topological polar surface area (TPSA) is 64.1 Å². The molecule has 2 aromatic heterocycles. The third-order valence-corrected chi connectivity index (χ3v) is 2.63. The molecular weight excluding hydrogens is 318 g/mol. The summed E-state index contributed by atoms with van der Waals surface area (Å²) in [5.74, 6) is -2.18. The average Bonchev–Trinajstić information content (AvgIpc) is 2.51. The van der Waals surface area contributed by atoms with E-state index in [-0.39, 0.29) is 12.1 Å². The Bertz CT molecular complexity index is 677. The first-order valence-corrected chi connectivity index (χ1v) is 6.37. The van der Waals surface area contributed by atoms with Crippen molar-refractivity contribution in [2.45, 2.75) is 12.7 Å². The number of pyridine rings is 2. The summed E-state index contributed by atoms with van der Waals surface area (Å²) in [6.45, 7) is -1.67. The molecule has 1 amide bonds. The molecule has 0 aliphatic rings. The first-order valence-electron chi connectivity index (χ1n) is 6.37. The van der Waals surface area contributed by atoms with Crippen LogP contribution in [-0.2, 0) is 6.54 Å². The lowest BCUT2D eigenvalue weighted by molar-refractivity contribution is -0.154. The first-order chi connectivity index (χ1) is 10.8. The summed E-state index contributed by atoms with van der Waals surface area (Å²) in [7, 11) is 0. The molecule has 2 aromatic rings. The van der Waals surface area contributed by atoms with E-state index in [2.05, 4.69) is 20.0 Å². The van der Waals surface area contributed by atoms with Crippen LogP contribution in [0.3, 0.4) is 0 Å². The van der Waals surface area contributed by atoms with Crippen molar-refractivity contribution in [3.05, 3.63) is 53.7 Å². The Labute approximate surface area is 128 Å². The second-order valence-electron chi connectivity index (χ2n) is 4.45. The smallest absolute Gasteiger partial charge is 0.422 e. The maximum atomic E-state index is 13.6. The number of carbonyl (C=O) groups is 1. The number of hydrogen-bond acceptors (Lipinski definition) is 4. The molecule has 0 saturated heterocycles. The van der Waals surface area contributed by atoms with Gasteiger partial charge < -0.3 is 10.1 Å². The Morgan fingerprint density at radius 1 is 1.26 bits per heavy atom. The molecule has 0 saturated carbocycles. The largest absolute Gasteiger partial charge is 0.466 e. The monoisotopic (exact) mass is 329 g/mol. The molecule has 5 nitrogen and oxygen atoms in total. The maximum absolute atomic E-state index is 13.6. The second kappa shape index (κ2) is 7.03. The highest BCUT2D eigenvalue weighted by Crippen LogP contribution is 2.19. The third-order valence-electron chi connectivity index (χ3n) is 2.63. The summed E-state index contributed by atoms with van der Waals surface area (Å²) in [5, 5.41) is 2.52. The highest BCUT2D eigenvalue weighted by molar-refractivity contribution is 5.93. The van der Waals surface area contributed by atoms with Gasteiger partial charge in [-0.1, -0.05) is 0 Å². The Morgan fingerprint density at radius 2 is 1.96 bits per heavy atom. The molecule has 122 valence electrons. The summed E-state index contributed by atoms with van der Waals surface area (Å²) >= 11 is 0. The van der Waals surface area contributed by atoms with Crippen molar-refractivity contribution in [2.75, 3.05) is 6.61 Å². The summed E-state index contributed by atoms with van der Waals surface area (Å²) < 4.78 is 53.8. The zero-order valence-electron chi connectivity index (χ0n) is 11.6. The minimum absolute atomic E-state index is 0.0371. The molecule has 0 atom stereocenters. The van der Waals surface area contributed by atoms with Gasteiger partial charge in [-0.05, 0) is 23.8 Å². The highest BCUT2D eigenvalue weighted by Gasteiger charge is 2.29. The van der Waals surface area contributed by atoms with Gasteiger partial charge in [-0.15, -0.1) is 0 Å². The van der Waals surface area contributed by atoms with Gasteiger partial charge in [0.2, 0.25) is 0 Å². The Morgan fingerprint density at radius 3 is 2.57 bits per heavy atom. The average molecular weight is 329 g/mol. The normalized spacial score (nSPS) is 11.1. The Hall–Kier alpha value is -2.71. The third kappa shape index (κ3) is 5.20. The van der Waals surface area contributed by atoms with Crippen molar-refractivity contribution in [3.8, 4) is 5.88 Å². The van der Waals surface area contributed by atoms with E-state index in [1.165, 1.54) is 24.5 Å². The molecule has 0 bridgehead atoms. The van der Waals surface area contributed by atoms with Crippen LogP contribution in [0.25, 0.3) is 0 Å². The quantitative estimate of drug-likeness (QED) is 0.856. The second-order valence-corrected chi connectivity index (χ2v) is 4.45. The van der Waals surface area contributed by atoms with Crippen LogP contribution in [0, 0.1) is 5.82 Å². The number of nitrogens with zero attached hydrogens (tertiary/aromatic N) is 2. The van der Waals surface area contributed by atoms with E-state index in [1.807, 2.05) is 0 Å². The fourth-order valence-electron chi connectivity index (χ4n) is 1.61. The molecule has 0 radical (unpaired) electrons. The summed E-state index contributed by atoms with van der Waals surface area (Å²) in [5.41, 5.74) is 0.655. The molecular formula is C14H11F4N3O2. The minimum atomic E-state index is -4.58. The predicted octanol–water partition coefficient (Wildman–Crippen LogP) is 2.49. The van der Waals surface area contributed by atoms with Crippen LogP contribution in [0.2, 0.25) is 0 Å². The molecule has 0 aliphatic carbocycles. The number of alkyl halides is 3. The van der Waals surface area contributed by atoms with Crippen molar-refractivity contribution in [2.24, 2.45) is 0 Å². The van der Waals surface area contributed by atoms with Crippen LogP contribution in [0.5, 0.6) is 5.88 Å². The number of nitrogens with one attached hydrogen (secondary N) is 1. The summed E-state index contributed by atoms with van der Waals surface area (Å²) in [6, 6.07) is 3.95. The van der Waals surface area contributed by atoms with Crippen LogP contribution in [-0.4, -0.2) is 28.7 Å². The van der Waals surface area contributed by atoms with Crippen LogP contribution in [0.15, 0.2) is 36.8 Å². The van der Waals surface area contributed by atoms with E-state index in [4.69, 9.17) is 0 Å². The van der Waals surface area contributed by atoms with Gasteiger partial charge in [0.1, 0.15) is 0 Å². The van der Waals surface area contributed by atoms with Gasteiger partial charge in [0.15, 0.2) is 12.4 Å². The van der Waals surface area contributed by atoms with Gasteiger partial charge in [-0.3, -0.25) is 9.78 Å². The van der Waals surface area contributed by atoms with E-state index < -0.39 is 30.4 Å². The standard InChI is InChI=1S/C14H11F4N3O2/c15-11-5-9(7-21-13(11)23-8-14(16,17)18)6-20-12(22)10-1-3-19-4-2-10/h1-5,7H,6,8H2,(H,20,22). The van der Waals surface area contributed by atoms with E-state index in [1.54, 1.807) is 0 Å². The van der Waals surface area contributed by atoms with Crippen LogP contribution in [0.4, 0.5) is 17.6 Å². The van der Waals surface area contributed by atoms with Crippen molar-refractivity contribution in [3.63, 3.8) is 0 Å². The molecule has 0 aromatic carbocycles. The number of aromatic nitrogens is 2. The molecule has 0 aliphatic heterocycles. The number of carbonyl (C=O) groups excluding carboxylic acids is 1. The van der Waals surface area contributed by atoms with Crippen LogP contribution in [0.1, 0.15) is 15.9 Å². The van der Waals surface area contributed by atoms with Crippen molar-refractivity contribution < 1.29 is 27.1 Å². The number of rotatable bonds is 5. The van der Waals surface area contributed by atoms with Crippen molar-refractivity contribution >= 4 is 5.91 Å². The van der Waals surface area contributed by atoms with E-state index in [0.717, 1.165) is 12.3 Å². The SMILES string of the molecule is O=C(NCc1cnc(OCC(F)(F)F)c(F)c1)c1ccncc1. The first kappa shape index (κ1) is 16.7. The molecule has 2 heterocycles. The van der Waals surface area contributed by atoms with Crippen LogP contribution >= 0.6 is 0 Å². The predicted molar refractivity (Wildman–Crippen MR) is 71.2 cm³/mol. The fourth-order valence-corrected chi connectivity index (χ4v) is 1.61. The zero-order valence-corrected chi connectivity index (χ0v) is 11.6. The number of halogens is 4. The minimum Gasteiger partial charge on any atom is -0.466 e. The van der Waals surface area contributed by atoms with Gasteiger partial charge >= 0.3 is 6.18 Å². The number of ether oxygens (including phenoxy) is 1. The zero-order chi connectivity index (χ0) is 16.9. The molecule has 2 rings (SSSR count). The van der Waals surface area contributed by atoms with Gasteiger partial charge in [0.25, 0.3) is 11.8 Å². The molecule has 0 spiro atoms. The molecule has 0 fully saturated rings. The number of amides is 1. The van der Waals surface area contributed by atoms with Gasteiger partial charge in [0, 0.05) is 30.7 Å². The van der Waals surface area contributed by atoms with Gasteiger partial charge in [-0.25, -0.2) is 9.37 Å². The number of hydrogen-bond donors (Lipinski definition) is 1. The molecule has 9 heteroatoms. The van der Waals surface area contributed by atoms with E-state index in [0.29, 0.717) is 5.56 Å². The van der Waals surface area contributed by atoms with E-state index in [9.17, 15) is 22.4 Å². The van der Waals surface area contributed by atoms with Gasteiger partial charge in [0.05, 0.1) is 0 Å². The molecule has 0 unspecified atom stereocenters. The van der Waals surface area contributed by atoms with Crippen molar-refractivity contribution in [1.29, 1.82) is 0 Å². The van der Waals surface area contributed by atoms with E-state index >= 15 is 0 Å². The fraction of sp³-hybridized carbons (Fsp3) is 0.214. The lowest BCUT2D eigenvalue weighted by Gasteiger charge is -2.10. The lowest BCUT2D eigenvalue weighted by Crippen LogP contribution is -2.23. The maximum Gasteiger partial charge on any atom is 0.422 e. The van der Waals surface area contributed by atoms with Crippen LogP contribution < -0.4 is 10.1 Å². The lowest BCUT2D eigenvalue weighted by atomic mass is 10.2. The molecule has 1 N–H and O–H groups in total. The summed E-state index contributed by atoms with van der Waals surface area (Å²) in [6.07, 6.45) is -0.557. The molecule has 23 heavy (non-hydrogen) atoms. The Balaban J connectivity index is 1.94. The van der Waals surface area contributed by atoms with Gasteiger partial charge in [-0.2, -0.15) is 13.2 Å². The van der Waals surface area contributed by atoms with Crippen molar-refractivity contribution in [1.82, 2.24) is 15.3 Å². The highest BCUT2D eigenvalue weighted by atomic mass is 19.4. The summed E-state index contributed by atoms with van der Waals surface area (Å²) in [4.78, 5) is 19.0. The Kier molecular flexibility index (Phi) is 5.09.